The molecule has 1 rings (SSSR count). The van der Waals surface area contributed by atoms with Crippen molar-refractivity contribution in [1.29, 1.82) is 0 Å². The lowest BCUT2D eigenvalue weighted by atomic mass is 10.2. The lowest BCUT2D eigenvalue weighted by molar-refractivity contribution is 0.273. The van der Waals surface area contributed by atoms with E-state index in [-0.39, 0.29) is 6.61 Å². The van der Waals surface area contributed by atoms with E-state index in [0.29, 0.717) is 6.04 Å². The van der Waals surface area contributed by atoms with Gasteiger partial charge in [-0.2, -0.15) is 0 Å². The molecule has 1 unspecified atom stereocenters. The first-order valence-corrected chi connectivity index (χ1v) is 6.17. The average molecular weight is 217 g/mol. The molecule has 0 saturated carbocycles. The molecule has 0 aliphatic heterocycles. The summed E-state index contributed by atoms with van der Waals surface area (Å²) < 4.78 is 1.35. The van der Waals surface area contributed by atoms with Gasteiger partial charge in [-0.1, -0.05) is 6.07 Å². The predicted molar refractivity (Wildman–Crippen MR) is 59.6 cm³/mol. The Hall–Kier alpha value is -0.0300. The molecule has 74 valence electrons. The molecule has 0 fully saturated rings. The highest BCUT2D eigenvalue weighted by Crippen LogP contribution is 2.24. The van der Waals surface area contributed by atoms with Gasteiger partial charge in [0.25, 0.3) is 0 Å². The summed E-state index contributed by atoms with van der Waals surface area (Å²) in [6.45, 7) is 0.260. The summed E-state index contributed by atoms with van der Waals surface area (Å²) in [5, 5.41) is 14.1. The number of aliphatic hydroxyl groups excluding tert-OH is 1. The number of thioether (sulfide) groups is 1. The molecule has 1 aromatic rings. The fraction of sp³-hybridized carbons (Fsp3) is 0.556. The van der Waals surface area contributed by atoms with E-state index in [4.69, 9.17) is 5.11 Å². The maximum absolute atomic E-state index is 8.78. The van der Waals surface area contributed by atoms with Gasteiger partial charge >= 0.3 is 0 Å². The van der Waals surface area contributed by atoms with Crippen LogP contribution in [0.5, 0.6) is 0 Å². The molecule has 13 heavy (non-hydrogen) atoms. The second-order valence-electron chi connectivity index (χ2n) is 2.74. The fourth-order valence-corrected chi connectivity index (χ4v) is 2.96. The molecule has 0 amide bonds. The quantitative estimate of drug-likeness (QED) is 0.713. The summed E-state index contributed by atoms with van der Waals surface area (Å²) in [5.74, 6) is 1.03. The Morgan fingerprint density at radius 3 is 3.08 bits per heavy atom. The Morgan fingerprint density at radius 2 is 2.54 bits per heavy atom. The first-order chi connectivity index (χ1) is 6.36. The van der Waals surface area contributed by atoms with Crippen LogP contribution in [-0.4, -0.2) is 30.6 Å². The molecule has 0 aromatic carbocycles. The third-order valence-electron chi connectivity index (χ3n) is 1.81. The van der Waals surface area contributed by atoms with Gasteiger partial charge in [0.2, 0.25) is 0 Å². The zero-order valence-corrected chi connectivity index (χ0v) is 9.33. The Balaban J connectivity index is 2.23. The third kappa shape index (κ3) is 4.13. The Labute approximate surface area is 87.4 Å². The largest absolute Gasteiger partial charge is 0.396 e. The zero-order chi connectivity index (χ0) is 9.52. The molecule has 2 N–H and O–H groups in total. The normalized spacial score (nSPS) is 13.1. The lowest BCUT2D eigenvalue weighted by Gasteiger charge is -2.13. The summed E-state index contributed by atoms with van der Waals surface area (Å²) >= 11 is 3.61. The van der Waals surface area contributed by atoms with Crippen molar-refractivity contribution in [3.05, 3.63) is 17.5 Å². The van der Waals surface area contributed by atoms with Crippen molar-refractivity contribution in [3.63, 3.8) is 0 Å². The van der Waals surface area contributed by atoms with E-state index in [9.17, 15) is 0 Å². The summed E-state index contributed by atoms with van der Waals surface area (Å²) in [5.41, 5.74) is 0. The number of hydrogen-bond donors (Lipinski definition) is 2. The van der Waals surface area contributed by atoms with Crippen LogP contribution < -0.4 is 5.32 Å². The van der Waals surface area contributed by atoms with Crippen LogP contribution in [0.15, 0.2) is 21.7 Å². The number of aliphatic hydroxyl groups is 1. The van der Waals surface area contributed by atoms with Gasteiger partial charge in [0.15, 0.2) is 0 Å². The van der Waals surface area contributed by atoms with Crippen molar-refractivity contribution >= 4 is 23.1 Å². The van der Waals surface area contributed by atoms with Crippen molar-refractivity contribution < 1.29 is 5.11 Å². The topological polar surface area (TPSA) is 32.3 Å². The summed E-state index contributed by atoms with van der Waals surface area (Å²) in [6, 6.07) is 4.60. The van der Waals surface area contributed by atoms with Crippen molar-refractivity contribution in [3.8, 4) is 0 Å². The van der Waals surface area contributed by atoms with Gasteiger partial charge in [0, 0.05) is 18.4 Å². The van der Waals surface area contributed by atoms with E-state index in [1.54, 1.807) is 11.3 Å². The summed E-state index contributed by atoms with van der Waals surface area (Å²) in [7, 11) is 1.94. The third-order valence-corrected chi connectivity index (χ3v) is 4.10. The molecule has 0 radical (unpaired) electrons. The molecular weight excluding hydrogens is 202 g/mol. The van der Waals surface area contributed by atoms with Crippen molar-refractivity contribution in [1.82, 2.24) is 5.32 Å². The molecule has 2 nitrogen and oxygen atoms in total. The molecule has 0 aliphatic rings. The van der Waals surface area contributed by atoms with Gasteiger partial charge in [-0.15, -0.1) is 23.1 Å². The highest BCUT2D eigenvalue weighted by molar-refractivity contribution is 8.01. The second kappa shape index (κ2) is 6.43. The highest BCUT2D eigenvalue weighted by Gasteiger charge is 2.05. The molecule has 0 bridgehead atoms. The number of hydrogen-bond acceptors (Lipinski definition) is 4. The molecule has 1 aromatic heterocycles. The molecule has 0 aliphatic carbocycles. The van der Waals surface area contributed by atoms with Gasteiger partial charge in [-0.3, -0.25) is 0 Å². The van der Waals surface area contributed by atoms with Crippen LogP contribution in [0.3, 0.4) is 0 Å². The van der Waals surface area contributed by atoms with E-state index in [0.717, 1.165) is 12.2 Å². The zero-order valence-electron chi connectivity index (χ0n) is 7.69. The average Bonchev–Trinajstić information content (AvgIpc) is 2.64. The summed E-state index contributed by atoms with van der Waals surface area (Å²) in [4.78, 5) is 0. The molecule has 0 spiro atoms. The van der Waals surface area contributed by atoms with Gasteiger partial charge in [-0.25, -0.2) is 0 Å². The SMILES string of the molecule is CNC(CCO)CSc1cccs1. The molecule has 0 saturated heterocycles. The van der Waals surface area contributed by atoms with Crippen LogP contribution in [-0.2, 0) is 0 Å². The van der Waals surface area contributed by atoms with E-state index in [2.05, 4.69) is 22.8 Å². The van der Waals surface area contributed by atoms with Crippen LogP contribution in [0.2, 0.25) is 0 Å². The number of thiophene rings is 1. The minimum absolute atomic E-state index is 0.260. The van der Waals surface area contributed by atoms with Crippen LogP contribution in [0.1, 0.15) is 6.42 Å². The van der Waals surface area contributed by atoms with Crippen LogP contribution in [0, 0.1) is 0 Å². The van der Waals surface area contributed by atoms with Gasteiger partial charge in [0.05, 0.1) is 4.21 Å². The van der Waals surface area contributed by atoms with Crippen molar-refractivity contribution in [2.75, 3.05) is 19.4 Å². The standard InChI is InChI=1S/C9H15NOS2/c1-10-8(4-5-11)7-13-9-3-2-6-12-9/h2-3,6,8,10-11H,4-5,7H2,1H3. The molecular formula is C9H15NOS2. The second-order valence-corrected chi connectivity index (χ2v) is 5.01. The minimum Gasteiger partial charge on any atom is -0.396 e. The maximum Gasteiger partial charge on any atom is 0.0599 e. The van der Waals surface area contributed by atoms with E-state index < -0.39 is 0 Å². The minimum atomic E-state index is 0.260. The maximum atomic E-state index is 8.78. The molecule has 1 heterocycles. The summed E-state index contributed by atoms with van der Waals surface area (Å²) in [6.07, 6.45) is 0.828. The van der Waals surface area contributed by atoms with Crippen LogP contribution in [0.25, 0.3) is 0 Å². The smallest absolute Gasteiger partial charge is 0.0599 e. The highest BCUT2D eigenvalue weighted by atomic mass is 32.2. The van der Waals surface area contributed by atoms with Gasteiger partial charge in [-0.05, 0) is 24.9 Å². The number of nitrogens with one attached hydrogen (secondary N) is 1. The van der Waals surface area contributed by atoms with Crippen molar-refractivity contribution in [2.24, 2.45) is 0 Å². The number of rotatable bonds is 6. The van der Waals surface area contributed by atoms with E-state index >= 15 is 0 Å². The lowest BCUT2D eigenvalue weighted by Crippen LogP contribution is -2.28. The Bertz CT molecular complexity index is 213. The van der Waals surface area contributed by atoms with Crippen LogP contribution >= 0.6 is 23.1 Å². The Morgan fingerprint density at radius 1 is 1.69 bits per heavy atom. The van der Waals surface area contributed by atoms with E-state index in [1.165, 1.54) is 4.21 Å². The Kier molecular flexibility index (Phi) is 5.46. The molecule has 1 atom stereocenters. The first kappa shape index (κ1) is 11.0. The van der Waals surface area contributed by atoms with E-state index in [1.807, 2.05) is 18.8 Å². The predicted octanol–water partition coefficient (Wildman–Crippen LogP) is 1.81. The first-order valence-electron chi connectivity index (χ1n) is 4.31. The fourth-order valence-electron chi connectivity index (χ4n) is 0.995. The van der Waals surface area contributed by atoms with Gasteiger partial charge in [0.1, 0.15) is 0 Å². The van der Waals surface area contributed by atoms with Crippen LogP contribution in [0.4, 0.5) is 0 Å². The molecule has 4 heteroatoms. The monoisotopic (exact) mass is 217 g/mol. The van der Waals surface area contributed by atoms with Crippen molar-refractivity contribution in [2.45, 2.75) is 16.7 Å². The van der Waals surface area contributed by atoms with Gasteiger partial charge < -0.3 is 10.4 Å².